The van der Waals surface area contributed by atoms with Gasteiger partial charge in [-0.25, -0.2) is 13.6 Å². The van der Waals surface area contributed by atoms with Crippen LogP contribution in [0, 0.1) is 15.2 Å². The Balaban J connectivity index is 3.26. The molecular formula is C9H6ClF2IO2. The van der Waals surface area contributed by atoms with Crippen LogP contribution in [-0.4, -0.2) is 12.6 Å². The lowest BCUT2D eigenvalue weighted by Gasteiger charge is -2.06. The summed E-state index contributed by atoms with van der Waals surface area (Å²) < 4.78 is 30.5. The Labute approximate surface area is 104 Å². The van der Waals surface area contributed by atoms with Crippen molar-refractivity contribution in [2.75, 3.05) is 6.61 Å². The molecule has 0 unspecified atom stereocenters. The van der Waals surface area contributed by atoms with Gasteiger partial charge in [-0.1, -0.05) is 11.6 Å². The van der Waals surface area contributed by atoms with Crippen molar-refractivity contribution in [3.05, 3.63) is 31.9 Å². The number of hydrogen-bond acceptors (Lipinski definition) is 2. The summed E-state index contributed by atoms with van der Waals surface area (Å²) in [4.78, 5) is 11.3. The first-order valence-corrected chi connectivity index (χ1v) is 5.44. The Morgan fingerprint density at radius 1 is 1.60 bits per heavy atom. The molecule has 0 aliphatic rings. The SMILES string of the molecule is CCOC(=O)c1cc(F)c(F)c(I)c1Cl. The molecule has 15 heavy (non-hydrogen) atoms. The van der Waals surface area contributed by atoms with Crippen molar-refractivity contribution in [3.8, 4) is 0 Å². The Kier molecular flexibility index (Phi) is 4.27. The van der Waals surface area contributed by atoms with Crippen LogP contribution in [0.15, 0.2) is 6.07 Å². The van der Waals surface area contributed by atoms with Crippen LogP contribution < -0.4 is 0 Å². The van der Waals surface area contributed by atoms with E-state index >= 15 is 0 Å². The van der Waals surface area contributed by atoms with Crippen LogP contribution in [0.5, 0.6) is 0 Å². The van der Waals surface area contributed by atoms with E-state index in [4.69, 9.17) is 11.6 Å². The van der Waals surface area contributed by atoms with Gasteiger partial charge in [0.25, 0.3) is 0 Å². The maximum Gasteiger partial charge on any atom is 0.339 e. The van der Waals surface area contributed by atoms with Crippen molar-refractivity contribution in [1.82, 2.24) is 0 Å². The van der Waals surface area contributed by atoms with E-state index < -0.39 is 17.6 Å². The third-order valence-electron chi connectivity index (χ3n) is 1.60. The van der Waals surface area contributed by atoms with E-state index in [1.807, 2.05) is 0 Å². The third-order valence-corrected chi connectivity index (χ3v) is 3.32. The Morgan fingerprint density at radius 2 is 2.20 bits per heavy atom. The molecule has 0 saturated heterocycles. The summed E-state index contributed by atoms with van der Waals surface area (Å²) in [5.41, 5.74) is -0.165. The smallest absolute Gasteiger partial charge is 0.339 e. The number of ether oxygens (including phenoxy) is 1. The van der Waals surface area contributed by atoms with E-state index in [0.717, 1.165) is 6.07 Å². The molecule has 0 atom stereocenters. The van der Waals surface area contributed by atoms with E-state index in [9.17, 15) is 13.6 Å². The van der Waals surface area contributed by atoms with E-state index in [1.165, 1.54) is 22.6 Å². The average Bonchev–Trinajstić information content (AvgIpc) is 2.20. The highest BCUT2D eigenvalue weighted by molar-refractivity contribution is 14.1. The van der Waals surface area contributed by atoms with E-state index in [2.05, 4.69) is 4.74 Å². The van der Waals surface area contributed by atoms with Gasteiger partial charge >= 0.3 is 5.97 Å². The van der Waals surface area contributed by atoms with Crippen molar-refractivity contribution in [1.29, 1.82) is 0 Å². The van der Waals surface area contributed by atoms with Crippen LogP contribution in [0.2, 0.25) is 5.02 Å². The van der Waals surface area contributed by atoms with Crippen LogP contribution >= 0.6 is 34.2 Å². The number of hydrogen-bond donors (Lipinski definition) is 0. The second-order valence-corrected chi connectivity index (χ2v) is 4.03. The summed E-state index contributed by atoms with van der Waals surface area (Å²) in [6.07, 6.45) is 0. The Hall–Kier alpha value is -0.430. The number of carbonyl (C=O) groups is 1. The lowest BCUT2D eigenvalue weighted by molar-refractivity contribution is 0.0526. The monoisotopic (exact) mass is 346 g/mol. The molecule has 1 rings (SSSR count). The molecule has 0 aliphatic carbocycles. The summed E-state index contributed by atoms with van der Waals surface area (Å²) in [6.45, 7) is 1.75. The molecule has 0 spiro atoms. The minimum atomic E-state index is -1.12. The predicted octanol–water partition coefficient (Wildman–Crippen LogP) is 3.40. The summed E-state index contributed by atoms with van der Waals surface area (Å²) in [7, 11) is 0. The van der Waals surface area contributed by atoms with Crippen LogP contribution in [0.25, 0.3) is 0 Å². The minimum Gasteiger partial charge on any atom is -0.462 e. The highest BCUT2D eigenvalue weighted by Crippen LogP contribution is 2.28. The van der Waals surface area contributed by atoms with Gasteiger partial charge in [-0.15, -0.1) is 0 Å². The Bertz CT molecular complexity index is 410. The minimum absolute atomic E-state index is 0.127. The number of rotatable bonds is 2. The molecule has 0 amide bonds. The molecule has 0 fully saturated rings. The molecule has 0 N–H and O–H groups in total. The van der Waals surface area contributed by atoms with Crippen LogP contribution in [0.4, 0.5) is 8.78 Å². The van der Waals surface area contributed by atoms with E-state index in [1.54, 1.807) is 6.92 Å². The van der Waals surface area contributed by atoms with Gasteiger partial charge in [0.05, 0.1) is 20.8 Å². The molecule has 0 aromatic heterocycles. The first-order chi connectivity index (χ1) is 6.99. The topological polar surface area (TPSA) is 26.3 Å². The quantitative estimate of drug-likeness (QED) is 0.355. The molecule has 0 radical (unpaired) electrons. The zero-order valence-corrected chi connectivity index (χ0v) is 10.5. The largest absolute Gasteiger partial charge is 0.462 e. The zero-order valence-electron chi connectivity index (χ0n) is 7.61. The molecule has 0 heterocycles. The lowest BCUT2D eigenvalue weighted by Crippen LogP contribution is -2.08. The number of halogens is 4. The van der Waals surface area contributed by atoms with Crippen LogP contribution in [0.3, 0.4) is 0 Å². The molecule has 0 aliphatic heterocycles. The van der Waals surface area contributed by atoms with Gasteiger partial charge in [-0.3, -0.25) is 0 Å². The van der Waals surface area contributed by atoms with Gasteiger partial charge in [-0.2, -0.15) is 0 Å². The van der Waals surface area contributed by atoms with Gasteiger partial charge in [0.2, 0.25) is 0 Å². The van der Waals surface area contributed by atoms with Crippen molar-refractivity contribution in [3.63, 3.8) is 0 Å². The maximum atomic E-state index is 13.0. The second-order valence-electron chi connectivity index (χ2n) is 2.57. The fourth-order valence-electron chi connectivity index (χ4n) is 0.930. The standard InChI is InChI=1S/C9H6ClF2IO2/c1-2-15-9(14)4-3-5(11)7(12)8(13)6(4)10/h3H,2H2,1H3. The summed E-state index contributed by atoms with van der Waals surface area (Å²) >= 11 is 7.21. The van der Waals surface area contributed by atoms with E-state index in [0.29, 0.717) is 0 Å². The van der Waals surface area contributed by atoms with Gasteiger partial charge < -0.3 is 4.74 Å². The number of benzene rings is 1. The third kappa shape index (κ3) is 2.57. The molecule has 0 saturated carbocycles. The first kappa shape index (κ1) is 12.6. The predicted molar refractivity (Wildman–Crippen MR) is 60.0 cm³/mol. The zero-order chi connectivity index (χ0) is 11.6. The summed E-state index contributed by atoms with van der Waals surface area (Å²) in [5, 5.41) is -0.132. The first-order valence-electron chi connectivity index (χ1n) is 3.99. The molecule has 0 bridgehead atoms. The van der Waals surface area contributed by atoms with Gasteiger partial charge in [-0.05, 0) is 35.6 Å². The summed E-state index contributed by atoms with van der Waals surface area (Å²) in [5.74, 6) is -2.94. The number of esters is 1. The fourth-order valence-corrected chi connectivity index (χ4v) is 1.69. The molecule has 1 aromatic rings. The Morgan fingerprint density at radius 3 is 2.73 bits per heavy atom. The highest BCUT2D eigenvalue weighted by atomic mass is 127. The highest BCUT2D eigenvalue weighted by Gasteiger charge is 2.20. The van der Waals surface area contributed by atoms with Gasteiger partial charge in [0.15, 0.2) is 11.6 Å². The second kappa shape index (κ2) is 5.07. The van der Waals surface area contributed by atoms with Crippen molar-refractivity contribution in [2.45, 2.75) is 6.92 Å². The van der Waals surface area contributed by atoms with Crippen molar-refractivity contribution < 1.29 is 18.3 Å². The molecule has 6 heteroatoms. The van der Waals surface area contributed by atoms with E-state index in [-0.39, 0.29) is 20.8 Å². The lowest BCUT2D eigenvalue weighted by atomic mass is 10.2. The maximum absolute atomic E-state index is 13.0. The average molecular weight is 346 g/mol. The normalized spacial score (nSPS) is 10.2. The summed E-state index contributed by atoms with van der Waals surface area (Å²) in [6, 6.07) is 0.734. The molecular weight excluding hydrogens is 340 g/mol. The van der Waals surface area contributed by atoms with Crippen LogP contribution in [0.1, 0.15) is 17.3 Å². The van der Waals surface area contributed by atoms with Gasteiger partial charge in [0.1, 0.15) is 0 Å². The van der Waals surface area contributed by atoms with Crippen molar-refractivity contribution in [2.24, 2.45) is 0 Å². The van der Waals surface area contributed by atoms with Crippen LogP contribution in [-0.2, 0) is 4.74 Å². The molecule has 1 aromatic carbocycles. The fraction of sp³-hybridized carbons (Fsp3) is 0.222. The molecule has 82 valence electrons. The number of carbonyl (C=O) groups excluding carboxylic acids is 1. The van der Waals surface area contributed by atoms with Gasteiger partial charge in [0, 0.05) is 0 Å². The molecule has 2 nitrogen and oxygen atoms in total. The van der Waals surface area contributed by atoms with Crippen molar-refractivity contribution >= 4 is 40.2 Å².